The largest absolute Gasteiger partial charge is 0.385 e. The highest BCUT2D eigenvalue weighted by Gasteiger charge is 2.20. The Bertz CT molecular complexity index is 443. The molecule has 2 fully saturated rings. The van der Waals surface area contributed by atoms with E-state index in [-0.39, 0.29) is 6.03 Å². The van der Waals surface area contributed by atoms with Crippen LogP contribution in [0.4, 0.5) is 16.2 Å². The van der Waals surface area contributed by atoms with Crippen molar-refractivity contribution >= 4 is 29.2 Å². The molecule has 0 spiro atoms. The molecule has 2 aliphatic heterocycles. The second-order valence-electron chi connectivity index (χ2n) is 5.04. The molecule has 1 aromatic rings. The van der Waals surface area contributed by atoms with E-state index in [4.69, 9.17) is 0 Å². The first-order valence-electron chi connectivity index (χ1n) is 6.80. The summed E-state index contributed by atoms with van der Waals surface area (Å²) in [4.78, 5) is 13.3. The summed E-state index contributed by atoms with van der Waals surface area (Å²) in [7, 11) is 0. The highest BCUT2D eigenvalue weighted by molar-refractivity contribution is 7.99. The molecule has 0 aromatic heterocycles. The van der Waals surface area contributed by atoms with Crippen molar-refractivity contribution in [1.29, 1.82) is 0 Å². The molecular formula is C14H19N3OS. The van der Waals surface area contributed by atoms with E-state index in [1.807, 2.05) is 23.9 Å². The van der Waals surface area contributed by atoms with Crippen LogP contribution in [0.1, 0.15) is 6.42 Å². The van der Waals surface area contributed by atoms with Gasteiger partial charge in [0.15, 0.2) is 0 Å². The molecule has 5 heteroatoms. The second-order valence-corrected chi connectivity index (χ2v) is 6.19. The van der Waals surface area contributed by atoms with Crippen LogP contribution in [0.15, 0.2) is 24.3 Å². The van der Waals surface area contributed by atoms with Gasteiger partial charge in [-0.25, -0.2) is 4.79 Å². The lowest BCUT2D eigenvalue weighted by molar-refractivity contribution is 0.252. The second kappa shape index (κ2) is 5.74. The van der Waals surface area contributed by atoms with E-state index in [0.717, 1.165) is 36.9 Å². The molecule has 1 unspecified atom stereocenters. The number of thioether (sulfide) groups is 1. The van der Waals surface area contributed by atoms with Gasteiger partial charge in [-0.15, -0.1) is 0 Å². The van der Waals surface area contributed by atoms with Gasteiger partial charge in [0.2, 0.25) is 0 Å². The molecule has 3 rings (SSSR count). The number of carbonyl (C=O) groups is 1. The van der Waals surface area contributed by atoms with Gasteiger partial charge in [-0.3, -0.25) is 4.90 Å². The van der Waals surface area contributed by atoms with Crippen LogP contribution in [-0.4, -0.2) is 37.2 Å². The fourth-order valence-electron chi connectivity index (χ4n) is 2.48. The van der Waals surface area contributed by atoms with Crippen LogP contribution in [0.2, 0.25) is 0 Å². The first-order valence-corrected chi connectivity index (χ1v) is 7.95. The molecule has 2 amide bonds. The Morgan fingerprint density at radius 1 is 1.37 bits per heavy atom. The first-order chi connectivity index (χ1) is 9.33. The fraction of sp³-hybridized carbons (Fsp3) is 0.500. The number of urea groups is 1. The lowest BCUT2D eigenvalue weighted by atomic mass is 10.1. The molecule has 4 nitrogen and oxygen atoms in total. The van der Waals surface area contributed by atoms with Crippen molar-refractivity contribution in [3.05, 3.63) is 24.3 Å². The van der Waals surface area contributed by atoms with Gasteiger partial charge in [0, 0.05) is 31.0 Å². The van der Waals surface area contributed by atoms with E-state index in [1.54, 1.807) is 4.90 Å². The van der Waals surface area contributed by atoms with Crippen LogP contribution in [0.5, 0.6) is 0 Å². The zero-order valence-corrected chi connectivity index (χ0v) is 11.7. The lowest BCUT2D eigenvalue weighted by Gasteiger charge is -2.16. The molecule has 1 atom stereocenters. The molecule has 2 N–H and O–H groups in total. The van der Waals surface area contributed by atoms with Crippen molar-refractivity contribution in [1.82, 2.24) is 5.32 Å². The zero-order valence-electron chi connectivity index (χ0n) is 10.9. The van der Waals surface area contributed by atoms with E-state index < -0.39 is 0 Å². The Labute approximate surface area is 117 Å². The summed E-state index contributed by atoms with van der Waals surface area (Å²) in [6.45, 7) is 2.54. The third-order valence-corrected chi connectivity index (χ3v) is 4.89. The molecule has 1 aromatic carbocycles. The van der Waals surface area contributed by atoms with E-state index in [2.05, 4.69) is 22.8 Å². The number of hydrogen-bond acceptors (Lipinski definition) is 3. The van der Waals surface area contributed by atoms with Gasteiger partial charge in [-0.05, 0) is 48.1 Å². The maximum atomic E-state index is 11.6. The number of amides is 2. The average Bonchev–Trinajstić information content (AvgIpc) is 3.08. The molecule has 0 bridgehead atoms. The summed E-state index contributed by atoms with van der Waals surface area (Å²) in [6.07, 6.45) is 1.32. The molecule has 0 aliphatic carbocycles. The fourth-order valence-corrected chi connectivity index (χ4v) is 3.77. The maximum absolute atomic E-state index is 11.6. The van der Waals surface area contributed by atoms with Crippen molar-refractivity contribution in [3.8, 4) is 0 Å². The predicted molar refractivity (Wildman–Crippen MR) is 81.1 cm³/mol. The third kappa shape index (κ3) is 2.97. The number of nitrogens with zero attached hydrogens (tertiary/aromatic N) is 1. The number of anilines is 2. The van der Waals surface area contributed by atoms with E-state index in [9.17, 15) is 4.79 Å². The van der Waals surface area contributed by atoms with Gasteiger partial charge in [-0.1, -0.05) is 0 Å². The van der Waals surface area contributed by atoms with Crippen molar-refractivity contribution < 1.29 is 4.79 Å². The summed E-state index contributed by atoms with van der Waals surface area (Å²) in [6, 6.07) is 8.14. The summed E-state index contributed by atoms with van der Waals surface area (Å²) in [5, 5.41) is 6.30. The molecule has 0 saturated carbocycles. The molecule has 19 heavy (non-hydrogen) atoms. The first kappa shape index (κ1) is 12.7. The van der Waals surface area contributed by atoms with E-state index in [0.29, 0.717) is 0 Å². The minimum atomic E-state index is 0.00342. The van der Waals surface area contributed by atoms with Crippen LogP contribution >= 0.6 is 11.8 Å². The normalized spacial score (nSPS) is 22.6. The Balaban J connectivity index is 1.57. The summed E-state index contributed by atoms with van der Waals surface area (Å²) < 4.78 is 0. The Hall–Kier alpha value is -1.36. The Morgan fingerprint density at radius 2 is 2.21 bits per heavy atom. The van der Waals surface area contributed by atoms with Crippen molar-refractivity contribution in [3.63, 3.8) is 0 Å². The quantitative estimate of drug-likeness (QED) is 0.888. The molecule has 2 heterocycles. The standard InChI is InChI=1S/C14H19N3OS/c18-14-15-6-7-17(14)13-3-1-12(2-4-13)16-9-11-5-8-19-10-11/h1-4,11,16H,5-10H2,(H,15,18). The number of hydrogen-bond donors (Lipinski definition) is 2. The number of benzene rings is 1. The number of nitrogens with one attached hydrogen (secondary N) is 2. The summed E-state index contributed by atoms with van der Waals surface area (Å²) in [5.74, 6) is 3.38. The van der Waals surface area contributed by atoms with E-state index >= 15 is 0 Å². The highest BCUT2D eigenvalue weighted by Crippen LogP contribution is 2.24. The molecular weight excluding hydrogens is 258 g/mol. The van der Waals surface area contributed by atoms with Crippen molar-refractivity contribution in [2.24, 2.45) is 5.92 Å². The minimum absolute atomic E-state index is 0.00342. The molecule has 2 saturated heterocycles. The van der Waals surface area contributed by atoms with Crippen molar-refractivity contribution in [2.45, 2.75) is 6.42 Å². The minimum Gasteiger partial charge on any atom is -0.385 e. The van der Waals surface area contributed by atoms with Gasteiger partial charge < -0.3 is 10.6 Å². The highest BCUT2D eigenvalue weighted by atomic mass is 32.2. The van der Waals surface area contributed by atoms with Crippen LogP contribution in [0.25, 0.3) is 0 Å². The van der Waals surface area contributed by atoms with Crippen LogP contribution < -0.4 is 15.5 Å². The molecule has 102 valence electrons. The topological polar surface area (TPSA) is 44.4 Å². The molecule has 0 radical (unpaired) electrons. The van der Waals surface area contributed by atoms with Gasteiger partial charge in [0.25, 0.3) is 0 Å². The van der Waals surface area contributed by atoms with Crippen LogP contribution in [0, 0.1) is 5.92 Å². The zero-order chi connectivity index (χ0) is 13.1. The van der Waals surface area contributed by atoms with Crippen LogP contribution in [-0.2, 0) is 0 Å². The lowest BCUT2D eigenvalue weighted by Crippen LogP contribution is -2.27. The van der Waals surface area contributed by atoms with Gasteiger partial charge >= 0.3 is 6.03 Å². The Kier molecular flexibility index (Phi) is 3.82. The van der Waals surface area contributed by atoms with E-state index in [1.165, 1.54) is 17.9 Å². The monoisotopic (exact) mass is 277 g/mol. The summed E-state index contributed by atoms with van der Waals surface area (Å²) >= 11 is 2.05. The van der Waals surface area contributed by atoms with Gasteiger partial charge in [0.05, 0.1) is 0 Å². The maximum Gasteiger partial charge on any atom is 0.321 e. The third-order valence-electron chi connectivity index (χ3n) is 3.65. The SMILES string of the molecule is O=C1NCCN1c1ccc(NCC2CCSC2)cc1. The van der Waals surface area contributed by atoms with Gasteiger partial charge in [0.1, 0.15) is 0 Å². The smallest absolute Gasteiger partial charge is 0.321 e. The average molecular weight is 277 g/mol. The Morgan fingerprint density at radius 3 is 2.84 bits per heavy atom. The predicted octanol–water partition coefficient (Wildman–Crippen LogP) is 2.38. The van der Waals surface area contributed by atoms with Crippen molar-refractivity contribution in [2.75, 3.05) is 41.4 Å². The molecule has 2 aliphatic rings. The summed E-state index contributed by atoms with van der Waals surface area (Å²) in [5.41, 5.74) is 2.11. The number of carbonyl (C=O) groups excluding carboxylic acids is 1. The van der Waals surface area contributed by atoms with Crippen LogP contribution in [0.3, 0.4) is 0 Å². The van der Waals surface area contributed by atoms with Gasteiger partial charge in [-0.2, -0.15) is 11.8 Å². The number of rotatable bonds is 4.